The molecule has 1 aromatic heterocycles. The Hall–Kier alpha value is -1.73. The summed E-state index contributed by atoms with van der Waals surface area (Å²) >= 11 is 4.73. The number of nitrogens with one attached hydrogen (secondary N) is 1. The second-order valence-corrected chi connectivity index (χ2v) is 8.19. The van der Waals surface area contributed by atoms with E-state index in [9.17, 15) is 9.59 Å². The van der Waals surface area contributed by atoms with E-state index in [0.29, 0.717) is 41.1 Å². The zero-order valence-electron chi connectivity index (χ0n) is 15.4. The molecule has 0 unspecified atom stereocenters. The molecule has 0 bridgehead atoms. The highest BCUT2D eigenvalue weighted by Crippen LogP contribution is 2.29. The van der Waals surface area contributed by atoms with Crippen LogP contribution < -0.4 is 10.1 Å². The third-order valence-electron chi connectivity index (χ3n) is 3.79. The quantitative estimate of drug-likeness (QED) is 0.446. The van der Waals surface area contributed by atoms with Gasteiger partial charge in [0.25, 0.3) is 0 Å². The van der Waals surface area contributed by atoms with Gasteiger partial charge in [-0.05, 0) is 52.9 Å². The zero-order valence-corrected chi connectivity index (χ0v) is 17.8. The third-order valence-corrected chi connectivity index (χ3v) is 5.58. The first-order valence-corrected chi connectivity index (χ1v) is 10.1. The lowest BCUT2D eigenvalue weighted by Crippen LogP contribution is -2.12. The Labute approximate surface area is 166 Å². The third kappa shape index (κ3) is 5.64. The number of benzene rings is 1. The number of carbonyl (C=O) groups excluding carboxylic acids is 2. The van der Waals surface area contributed by atoms with Gasteiger partial charge in [-0.1, -0.05) is 31.3 Å². The van der Waals surface area contributed by atoms with Crippen LogP contribution >= 0.6 is 27.3 Å². The number of amides is 1. The standard InChI is InChI=1S/C19H23BrN2O3S/c1-11(2)14-7-8-16(15(20)10-14)25-9-5-6-17(24)22-19-21-12(3)18(26-19)13(4)23/h7-8,10-11H,5-6,9H2,1-4H3,(H,21,22,24). The van der Waals surface area contributed by atoms with Gasteiger partial charge in [-0.25, -0.2) is 4.98 Å². The molecule has 1 aromatic carbocycles. The highest BCUT2D eigenvalue weighted by molar-refractivity contribution is 9.10. The molecule has 0 aliphatic heterocycles. The van der Waals surface area contributed by atoms with Crippen molar-refractivity contribution in [2.24, 2.45) is 0 Å². The van der Waals surface area contributed by atoms with Crippen LogP contribution in [0.3, 0.4) is 0 Å². The molecule has 26 heavy (non-hydrogen) atoms. The number of nitrogens with zero attached hydrogens (tertiary/aromatic N) is 1. The Morgan fingerprint density at radius 1 is 1.35 bits per heavy atom. The molecule has 2 aromatic rings. The molecule has 0 radical (unpaired) electrons. The topological polar surface area (TPSA) is 68.3 Å². The summed E-state index contributed by atoms with van der Waals surface area (Å²) in [4.78, 5) is 28.2. The molecule has 0 spiro atoms. The lowest BCUT2D eigenvalue weighted by atomic mass is 10.0. The Kier molecular flexibility index (Phi) is 7.34. The van der Waals surface area contributed by atoms with E-state index in [-0.39, 0.29) is 11.7 Å². The average Bonchev–Trinajstić information content (AvgIpc) is 2.93. The molecule has 2 rings (SSSR count). The molecule has 0 saturated heterocycles. The van der Waals surface area contributed by atoms with Crippen LogP contribution in [-0.4, -0.2) is 23.3 Å². The summed E-state index contributed by atoms with van der Waals surface area (Å²) in [6.45, 7) is 7.99. The predicted molar refractivity (Wildman–Crippen MR) is 108 cm³/mol. The minimum atomic E-state index is -0.133. The van der Waals surface area contributed by atoms with Crippen molar-refractivity contribution in [1.82, 2.24) is 4.98 Å². The monoisotopic (exact) mass is 438 g/mol. The maximum Gasteiger partial charge on any atom is 0.226 e. The van der Waals surface area contributed by atoms with E-state index < -0.39 is 0 Å². The van der Waals surface area contributed by atoms with Gasteiger partial charge in [0.2, 0.25) is 5.91 Å². The largest absolute Gasteiger partial charge is 0.492 e. The van der Waals surface area contributed by atoms with E-state index in [1.54, 1.807) is 6.92 Å². The number of hydrogen-bond donors (Lipinski definition) is 1. The number of hydrogen-bond acceptors (Lipinski definition) is 5. The molecule has 0 atom stereocenters. The van der Waals surface area contributed by atoms with E-state index in [2.05, 4.69) is 52.2 Å². The molecular weight excluding hydrogens is 416 g/mol. The molecule has 1 N–H and O–H groups in total. The molecule has 140 valence electrons. The van der Waals surface area contributed by atoms with Crippen molar-refractivity contribution in [1.29, 1.82) is 0 Å². The van der Waals surface area contributed by atoms with Crippen molar-refractivity contribution < 1.29 is 14.3 Å². The Bertz CT molecular complexity index is 802. The van der Waals surface area contributed by atoms with Crippen molar-refractivity contribution >= 4 is 44.1 Å². The van der Waals surface area contributed by atoms with Crippen LogP contribution in [-0.2, 0) is 4.79 Å². The summed E-state index contributed by atoms with van der Waals surface area (Å²) in [5, 5.41) is 3.20. The normalized spacial score (nSPS) is 10.8. The van der Waals surface area contributed by atoms with Crippen molar-refractivity contribution in [3.8, 4) is 5.75 Å². The number of thiazole rings is 1. The number of carbonyl (C=O) groups is 2. The van der Waals surface area contributed by atoms with Crippen LogP contribution in [0.2, 0.25) is 0 Å². The van der Waals surface area contributed by atoms with E-state index >= 15 is 0 Å². The van der Waals surface area contributed by atoms with Crippen molar-refractivity contribution in [3.63, 3.8) is 0 Å². The van der Waals surface area contributed by atoms with Gasteiger partial charge in [0.1, 0.15) is 5.75 Å². The second-order valence-electron chi connectivity index (χ2n) is 6.33. The van der Waals surface area contributed by atoms with E-state index in [4.69, 9.17) is 4.74 Å². The average molecular weight is 439 g/mol. The Balaban J connectivity index is 1.78. The fourth-order valence-electron chi connectivity index (χ4n) is 2.37. The number of ketones is 1. The molecule has 0 aliphatic carbocycles. The minimum Gasteiger partial charge on any atom is -0.492 e. The maximum atomic E-state index is 12.0. The van der Waals surface area contributed by atoms with Gasteiger partial charge in [0, 0.05) is 13.3 Å². The van der Waals surface area contributed by atoms with E-state index in [1.165, 1.54) is 23.8 Å². The van der Waals surface area contributed by atoms with Gasteiger partial charge in [-0.2, -0.15) is 0 Å². The first-order valence-electron chi connectivity index (χ1n) is 8.48. The Morgan fingerprint density at radius 3 is 2.65 bits per heavy atom. The highest BCUT2D eigenvalue weighted by Gasteiger charge is 2.13. The van der Waals surface area contributed by atoms with E-state index in [1.807, 2.05) is 6.07 Å². The van der Waals surface area contributed by atoms with Crippen molar-refractivity contribution in [2.75, 3.05) is 11.9 Å². The van der Waals surface area contributed by atoms with Crippen LogP contribution in [0.1, 0.15) is 60.5 Å². The number of anilines is 1. The van der Waals surface area contributed by atoms with Crippen LogP contribution in [0.25, 0.3) is 0 Å². The van der Waals surface area contributed by atoms with Gasteiger partial charge in [-0.3, -0.25) is 9.59 Å². The van der Waals surface area contributed by atoms with Crippen LogP contribution in [0.4, 0.5) is 5.13 Å². The summed E-state index contributed by atoms with van der Waals surface area (Å²) in [5.41, 5.74) is 1.89. The Morgan fingerprint density at radius 2 is 2.08 bits per heavy atom. The second kappa shape index (κ2) is 9.28. The van der Waals surface area contributed by atoms with Gasteiger partial charge < -0.3 is 10.1 Å². The zero-order chi connectivity index (χ0) is 19.3. The summed E-state index contributed by atoms with van der Waals surface area (Å²) in [6.07, 6.45) is 0.920. The maximum absolute atomic E-state index is 12.0. The van der Waals surface area contributed by atoms with E-state index in [0.717, 1.165) is 10.2 Å². The van der Waals surface area contributed by atoms with Gasteiger partial charge in [0.05, 0.1) is 21.7 Å². The highest BCUT2D eigenvalue weighted by atomic mass is 79.9. The number of Topliss-reactive ketones (excluding diaryl/α,β-unsaturated/α-hetero) is 1. The summed E-state index contributed by atoms with van der Waals surface area (Å²) in [6, 6.07) is 6.06. The van der Waals surface area contributed by atoms with Crippen LogP contribution in [0.5, 0.6) is 5.75 Å². The molecule has 0 aliphatic rings. The predicted octanol–water partition coefficient (Wildman–Crippen LogP) is 5.34. The van der Waals surface area contributed by atoms with Crippen LogP contribution in [0.15, 0.2) is 22.7 Å². The van der Waals surface area contributed by atoms with Gasteiger partial charge in [0.15, 0.2) is 10.9 Å². The molecule has 7 heteroatoms. The number of rotatable bonds is 8. The fraction of sp³-hybridized carbons (Fsp3) is 0.421. The number of aryl methyl sites for hydroxylation is 1. The lowest BCUT2D eigenvalue weighted by molar-refractivity contribution is -0.116. The first-order chi connectivity index (χ1) is 12.3. The first kappa shape index (κ1) is 20.6. The molecule has 1 amide bonds. The lowest BCUT2D eigenvalue weighted by Gasteiger charge is -2.11. The molecule has 0 saturated carbocycles. The van der Waals surface area contributed by atoms with Gasteiger partial charge >= 0.3 is 0 Å². The van der Waals surface area contributed by atoms with Crippen molar-refractivity contribution in [2.45, 2.75) is 46.5 Å². The summed E-state index contributed by atoms with van der Waals surface area (Å²) in [7, 11) is 0. The number of aromatic nitrogens is 1. The van der Waals surface area contributed by atoms with Crippen molar-refractivity contribution in [3.05, 3.63) is 38.8 Å². The smallest absolute Gasteiger partial charge is 0.226 e. The molecular formula is C19H23BrN2O3S. The summed E-state index contributed by atoms with van der Waals surface area (Å²) < 4.78 is 6.66. The molecule has 1 heterocycles. The fourth-order valence-corrected chi connectivity index (χ4v) is 3.76. The molecule has 5 nitrogen and oxygen atoms in total. The number of ether oxygens (including phenoxy) is 1. The van der Waals surface area contributed by atoms with Gasteiger partial charge in [-0.15, -0.1) is 0 Å². The van der Waals surface area contributed by atoms with Crippen LogP contribution in [0, 0.1) is 6.92 Å². The minimum absolute atomic E-state index is 0.0389. The molecule has 0 fully saturated rings. The number of halogens is 1. The SMILES string of the molecule is CC(=O)c1sc(NC(=O)CCCOc2ccc(C(C)C)cc2Br)nc1C. The summed E-state index contributed by atoms with van der Waals surface area (Å²) in [5.74, 6) is 1.06.